The van der Waals surface area contributed by atoms with Crippen molar-refractivity contribution in [1.82, 2.24) is 14.9 Å². The molecule has 1 saturated heterocycles. The highest BCUT2D eigenvalue weighted by atomic mass is 32.1. The number of benzene rings is 1. The van der Waals surface area contributed by atoms with Crippen LogP contribution in [0.15, 0.2) is 36.5 Å². The summed E-state index contributed by atoms with van der Waals surface area (Å²) in [6.45, 7) is 11.0. The first kappa shape index (κ1) is 18.2. The number of anilines is 1. The second kappa shape index (κ2) is 7.09. The number of methoxy groups -OCH3 is 1. The number of rotatable bonds is 3. The Morgan fingerprint density at radius 1 is 1.04 bits per heavy atom. The van der Waals surface area contributed by atoms with Crippen LogP contribution in [-0.4, -0.2) is 53.7 Å². The lowest BCUT2D eigenvalue weighted by atomic mass is 10.1. The standard InChI is InChI=1S/C21H26N4OS/c1-21(2,3)25-11-9-24(10-12-25)19-8-5-15(14-22-19)20-23-17-7-6-16(26-4)13-18(17)27-20/h5-8,13-14H,9-12H2,1-4H3. The van der Waals surface area contributed by atoms with Crippen LogP contribution in [0.1, 0.15) is 20.8 Å². The van der Waals surface area contributed by atoms with E-state index in [1.165, 1.54) is 0 Å². The maximum absolute atomic E-state index is 5.31. The molecule has 1 fully saturated rings. The van der Waals surface area contributed by atoms with Gasteiger partial charge in [-0.3, -0.25) is 4.90 Å². The quantitative estimate of drug-likeness (QED) is 0.676. The van der Waals surface area contributed by atoms with E-state index in [2.05, 4.69) is 42.7 Å². The van der Waals surface area contributed by atoms with Crippen molar-refractivity contribution in [2.75, 3.05) is 38.2 Å². The molecule has 1 aliphatic heterocycles. The largest absolute Gasteiger partial charge is 0.497 e. The zero-order valence-corrected chi connectivity index (χ0v) is 17.2. The Morgan fingerprint density at radius 3 is 2.44 bits per heavy atom. The van der Waals surface area contributed by atoms with Crippen molar-refractivity contribution in [2.24, 2.45) is 0 Å². The number of nitrogens with zero attached hydrogens (tertiary/aromatic N) is 4. The number of ether oxygens (including phenoxy) is 1. The number of aromatic nitrogens is 2. The van der Waals surface area contributed by atoms with Crippen LogP contribution in [0, 0.1) is 0 Å². The molecule has 0 spiro atoms. The first-order chi connectivity index (χ1) is 12.9. The van der Waals surface area contributed by atoms with E-state index < -0.39 is 0 Å². The van der Waals surface area contributed by atoms with Gasteiger partial charge in [0.25, 0.3) is 0 Å². The van der Waals surface area contributed by atoms with Gasteiger partial charge in [0.1, 0.15) is 16.6 Å². The van der Waals surface area contributed by atoms with Gasteiger partial charge in [-0.2, -0.15) is 0 Å². The van der Waals surface area contributed by atoms with Crippen LogP contribution in [0.25, 0.3) is 20.8 Å². The minimum absolute atomic E-state index is 0.235. The van der Waals surface area contributed by atoms with Crippen LogP contribution >= 0.6 is 11.3 Å². The molecule has 27 heavy (non-hydrogen) atoms. The molecule has 0 aliphatic carbocycles. The van der Waals surface area contributed by atoms with Gasteiger partial charge in [0, 0.05) is 43.5 Å². The van der Waals surface area contributed by atoms with Crippen LogP contribution in [0.3, 0.4) is 0 Å². The average molecular weight is 383 g/mol. The van der Waals surface area contributed by atoms with Gasteiger partial charge in [-0.05, 0) is 51.1 Å². The Labute approximate surface area is 164 Å². The number of hydrogen-bond donors (Lipinski definition) is 0. The summed E-state index contributed by atoms with van der Waals surface area (Å²) in [4.78, 5) is 14.4. The van der Waals surface area contributed by atoms with Crippen molar-refractivity contribution < 1.29 is 4.74 Å². The molecule has 0 amide bonds. The first-order valence-corrected chi connectivity index (χ1v) is 10.2. The molecule has 0 bridgehead atoms. The van der Waals surface area contributed by atoms with Gasteiger partial charge in [0.05, 0.1) is 17.3 Å². The number of hydrogen-bond acceptors (Lipinski definition) is 6. The summed E-state index contributed by atoms with van der Waals surface area (Å²) in [6.07, 6.45) is 1.94. The number of fused-ring (bicyclic) bond motifs is 1. The Morgan fingerprint density at radius 2 is 1.81 bits per heavy atom. The number of pyridine rings is 1. The van der Waals surface area contributed by atoms with E-state index in [0.717, 1.165) is 58.5 Å². The summed E-state index contributed by atoms with van der Waals surface area (Å²) in [7, 11) is 1.69. The van der Waals surface area contributed by atoms with Crippen molar-refractivity contribution >= 4 is 27.4 Å². The van der Waals surface area contributed by atoms with Crippen LogP contribution in [-0.2, 0) is 0 Å². The minimum Gasteiger partial charge on any atom is -0.497 e. The maximum Gasteiger partial charge on any atom is 0.128 e. The molecule has 1 aromatic carbocycles. The van der Waals surface area contributed by atoms with Gasteiger partial charge in [-0.1, -0.05) is 0 Å². The smallest absolute Gasteiger partial charge is 0.128 e. The average Bonchev–Trinajstić information content (AvgIpc) is 3.10. The predicted octanol–water partition coefficient (Wildman–Crippen LogP) is 4.29. The van der Waals surface area contributed by atoms with E-state index in [-0.39, 0.29) is 5.54 Å². The second-order valence-corrected chi connectivity index (χ2v) is 8.93. The summed E-state index contributed by atoms with van der Waals surface area (Å²) >= 11 is 1.67. The van der Waals surface area contributed by atoms with Gasteiger partial charge < -0.3 is 9.64 Å². The van der Waals surface area contributed by atoms with Crippen molar-refractivity contribution in [3.63, 3.8) is 0 Å². The summed E-state index contributed by atoms with van der Waals surface area (Å²) < 4.78 is 6.44. The molecule has 142 valence electrons. The van der Waals surface area contributed by atoms with E-state index in [1.54, 1.807) is 18.4 Å². The molecule has 2 aromatic heterocycles. The Hall–Kier alpha value is -2.18. The monoisotopic (exact) mass is 382 g/mol. The lowest BCUT2D eigenvalue weighted by Gasteiger charge is -2.42. The van der Waals surface area contributed by atoms with Crippen molar-refractivity contribution in [3.05, 3.63) is 36.5 Å². The third-order valence-electron chi connectivity index (χ3n) is 5.14. The Balaban J connectivity index is 1.49. The lowest BCUT2D eigenvalue weighted by Crippen LogP contribution is -2.53. The topological polar surface area (TPSA) is 41.5 Å². The molecule has 6 heteroatoms. The zero-order chi connectivity index (χ0) is 19.0. The molecule has 4 rings (SSSR count). The highest BCUT2D eigenvalue weighted by Gasteiger charge is 2.26. The third-order valence-corrected chi connectivity index (χ3v) is 6.21. The van der Waals surface area contributed by atoms with Crippen molar-refractivity contribution in [3.8, 4) is 16.3 Å². The van der Waals surface area contributed by atoms with Gasteiger partial charge >= 0.3 is 0 Å². The summed E-state index contributed by atoms with van der Waals surface area (Å²) in [5, 5.41) is 0.995. The van der Waals surface area contributed by atoms with E-state index in [9.17, 15) is 0 Å². The molecule has 0 unspecified atom stereocenters. The molecular formula is C21H26N4OS. The fraction of sp³-hybridized carbons (Fsp3) is 0.429. The maximum atomic E-state index is 5.31. The summed E-state index contributed by atoms with van der Waals surface area (Å²) in [6, 6.07) is 10.2. The molecule has 0 saturated carbocycles. The zero-order valence-electron chi connectivity index (χ0n) is 16.4. The molecule has 3 heterocycles. The molecule has 0 N–H and O–H groups in total. The molecular weight excluding hydrogens is 356 g/mol. The molecule has 3 aromatic rings. The molecule has 0 atom stereocenters. The minimum atomic E-state index is 0.235. The fourth-order valence-electron chi connectivity index (χ4n) is 3.46. The highest BCUT2D eigenvalue weighted by molar-refractivity contribution is 7.21. The van der Waals surface area contributed by atoms with Crippen LogP contribution in [0.5, 0.6) is 5.75 Å². The second-order valence-electron chi connectivity index (χ2n) is 7.90. The third kappa shape index (κ3) is 3.77. The lowest BCUT2D eigenvalue weighted by molar-refractivity contribution is 0.128. The Kier molecular flexibility index (Phi) is 4.78. The van der Waals surface area contributed by atoms with E-state index in [0.29, 0.717) is 0 Å². The fourth-order valence-corrected chi connectivity index (χ4v) is 4.45. The van der Waals surface area contributed by atoms with E-state index >= 15 is 0 Å². The summed E-state index contributed by atoms with van der Waals surface area (Å²) in [5.41, 5.74) is 2.30. The Bertz CT molecular complexity index is 921. The van der Waals surface area contributed by atoms with Crippen LogP contribution in [0.4, 0.5) is 5.82 Å². The SMILES string of the molecule is COc1ccc2nc(-c3ccc(N4CCN(C(C)(C)C)CC4)nc3)sc2c1. The van der Waals surface area contributed by atoms with E-state index in [1.807, 2.05) is 24.4 Å². The van der Waals surface area contributed by atoms with Gasteiger partial charge in [-0.25, -0.2) is 9.97 Å². The number of thiazole rings is 1. The van der Waals surface area contributed by atoms with Gasteiger partial charge in [0.15, 0.2) is 0 Å². The van der Waals surface area contributed by atoms with Gasteiger partial charge in [0.2, 0.25) is 0 Å². The van der Waals surface area contributed by atoms with Crippen molar-refractivity contribution in [2.45, 2.75) is 26.3 Å². The van der Waals surface area contributed by atoms with Crippen LogP contribution < -0.4 is 9.64 Å². The molecule has 5 nitrogen and oxygen atoms in total. The van der Waals surface area contributed by atoms with Gasteiger partial charge in [-0.15, -0.1) is 11.3 Å². The van der Waals surface area contributed by atoms with Crippen LogP contribution in [0.2, 0.25) is 0 Å². The highest BCUT2D eigenvalue weighted by Crippen LogP contribution is 2.32. The predicted molar refractivity (Wildman–Crippen MR) is 113 cm³/mol. The van der Waals surface area contributed by atoms with E-state index in [4.69, 9.17) is 14.7 Å². The van der Waals surface area contributed by atoms with Crippen molar-refractivity contribution in [1.29, 1.82) is 0 Å². The number of piperazine rings is 1. The normalized spacial score (nSPS) is 16.1. The first-order valence-electron chi connectivity index (χ1n) is 9.35. The molecule has 0 radical (unpaired) electrons. The molecule has 1 aliphatic rings. The summed E-state index contributed by atoms with van der Waals surface area (Å²) in [5.74, 6) is 1.91.